The predicted molar refractivity (Wildman–Crippen MR) is 109 cm³/mol. The van der Waals surface area contributed by atoms with Crippen molar-refractivity contribution in [2.75, 3.05) is 40.8 Å². The van der Waals surface area contributed by atoms with Gasteiger partial charge in [0, 0.05) is 33.6 Å². The predicted octanol–water partition coefficient (Wildman–Crippen LogP) is 2.31. The van der Waals surface area contributed by atoms with Crippen molar-refractivity contribution in [2.45, 2.75) is 64.7 Å². The number of rotatable bonds is 11. The first-order chi connectivity index (χ1) is 12.9. The highest BCUT2D eigenvalue weighted by Gasteiger charge is 2.41. The highest BCUT2D eigenvalue weighted by molar-refractivity contribution is 5.84. The van der Waals surface area contributed by atoms with Gasteiger partial charge in [-0.05, 0) is 32.6 Å². The fraction of sp³-hybridized carbons (Fsp3) is 0.850. The highest BCUT2D eigenvalue weighted by atomic mass is 16.5. The van der Waals surface area contributed by atoms with E-state index in [0.29, 0.717) is 13.0 Å². The van der Waals surface area contributed by atoms with Crippen LogP contribution in [0.4, 0.5) is 0 Å². The lowest BCUT2D eigenvalue weighted by atomic mass is 9.85. The average molecular weight is 383 g/mol. The quantitative estimate of drug-likeness (QED) is 0.248. The molecule has 1 saturated carbocycles. The van der Waals surface area contributed by atoms with Gasteiger partial charge in [0.2, 0.25) is 5.91 Å². The van der Waals surface area contributed by atoms with Gasteiger partial charge in [0.25, 0.3) is 0 Å². The third kappa shape index (κ3) is 8.18. The fourth-order valence-electron chi connectivity index (χ4n) is 3.59. The molecule has 156 valence electrons. The minimum atomic E-state index is -0.334. The lowest BCUT2D eigenvalue weighted by Gasteiger charge is -2.29. The lowest BCUT2D eigenvalue weighted by Crippen LogP contribution is -2.43. The maximum Gasteiger partial charge on any atom is 0.305 e. The van der Waals surface area contributed by atoms with E-state index in [1.807, 2.05) is 21.0 Å². The summed E-state index contributed by atoms with van der Waals surface area (Å²) in [6.45, 7) is 4.21. The van der Waals surface area contributed by atoms with E-state index in [0.717, 1.165) is 70.4 Å². The molecule has 0 spiro atoms. The number of carbonyl (C=O) groups excluding carboxylic acids is 2. The second-order valence-corrected chi connectivity index (χ2v) is 7.55. The largest absolute Gasteiger partial charge is 0.469 e. The van der Waals surface area contributed by atoms with Crippen LogP contribution in [-0.2, 0) is 14.3 Å². The molecule has 1 aliphatic rings. The number of hydrogen-bond donors (Lipinski definition) is 2. The Labute approximate surface area is 164 Å². The second kappa shape index (κ2) is 12.6. The molecule has 0 aromatic rings. The molecule has 0 radical (unpaired) electrons. The summed E-state index contributed by atoms with van der Waals surface area (Å²) in [6.07, 6.45) is 8.52. The number of esters is 1. The van der Waals surface area contributed by atoms with Gasteiger partial charge in [0.05, 0.1) is 19.1 Å². The van der Waals surface area contributed by atoms with Gasteiger partial charge < -0.3 is 20.3 Å². The van der Waals surface area contributed by atoms with Gasteiger partial charge in [-0.15, -0.1) is 0 Å². The summed E-state index contributed by atoms with van der Waals surface area (Å²) >= 11 is 0. The second-order valence-electron chi connectivity index (χ2n) is 7.55. The molecule has 27 heavy (non-hydrogen) atoms. The van der Waals surface area contributed by atoms with Gasteiger partial charge in [-0.2, -0.15) is 0 Å². The van der Waals surface area contributed by atoms with Crippen LogP contribution in [0.5, 0.6) is 0 Å². The van der Waals surface area contributed by atoms with E-state index >= 15 is 0 Å². The van der Waals surface area contributed by atoms with E-state index in [4.69, 9.17) is 4.99 Å². The standard InChI is InChI=1S/C20H38N4O3/c1-5-21-19(22-15-11-7-6-8-12-17(25)27-4)23-16-20(13-9-10-14-20)18(26)24(2)3/h5-16H2,1-4H3,(H2,21,22,23). The Kier molecular flexibility index (Phi) is 10.8. The van der Waals surface area contributed by atoms with E-state index in [-0.39, 0.29) is 17.3 Å². The van der Waals surface area contributed by atoms with Crippen LogP contribution in [0.2, 0.25) is 0 Å². The molecule has 1 amide bonds. The van der Waals surface area contributed by atoms with Gasteiger partial charge in [-0.25, -0.2) is 0 Å². The number of methoxy groups -OCH3 is 1. The first-order valence-electron chi connectivity index (χ1n) is 10.3. The first kappa shape index (κ1) is 23.2. The number of nitrogens with zero attached hydrogens (tertiary/aromatic N) is 2. The topological polar surface area (TPSA) is 83.0 Å². The minimum Gasteiger partial charge on any atom is -0.469 e. The Morgan fingerprint density at radius 3 is 2.33 bits per heavy atom. The number of unbranched alkanes of at least 4 members (excludes halogenated alkanes) is 3. The van der Waals surface area contributed by atoms with Crippen molar-refractivity contribution in [3.8, 4) is 0 Å². The van der Waals surface area contributed by atoms with E-state index in [2.05, 4.69) is 15.4 Å². The fourth-order valence-corrected chi connectivity index (χ4v) is 3.59. The van der Waals surface area contributed by atoms with Crippen molar-refractivity contribution in [3.05, 3.63) is 0 Å². The van der Waals surface area contributed by atoms with Crippen LogP contribution in [0.15, 0.2) is 4.99 Å². The first-order valence-corrected chi connectivity index (χ1v) is 10.3. The van der Waals surface area contributed by atoms with Gasteiger partial charge in [0.1, 0.15) is 0 Å². The number of amides is 1. The number of guanidine groups is 1. The van der Waals surface area contributed by atoms with Crippen LogP contribution in [0.25, 0.3) is 0 Å². The summed E-state index contributed by atoms with van der Waals surface area (Å²) in [5.41, 5.74) is -0.334. The number of carbonyl (C=O) groups is 2. The smallest absolute Gasteiger partial charge is 0.305 e. The van der Waals surface area contributed by atoms with Crippen LogP contribution < -0.4 is 10.6 Å². The van der Waals surface area contributed by atoms with Crippen molar-refractivity contribution in [1.29, 1.82) is 0 Å². The van der Waals surface area contributed by atoms with Crippen LogP contribution in [-0.4, -0.2) is 63.6 Å². The molecule has 0 aliphatic heterocycles. The molecule has 1 rings (SSSR count). The molecule has 0 saturated heterocycles. The lowest BCUT2D eigenvalue weighted by molar-refractivity contribution is -0.141. The summed E-state index contributed by atoms with van der Waals surface area (Å²) in [7, 11) is 5.08. The van der Waals surface area contributed by atoms with Crippen molar-refractivity contribution in [2.24, 2.45) is 10.4 Å². The molecular formula is C20H38N4O3. The molecule has 0 heterocycles. The summed E-state index contributed by atoms with van der Waals surface area (Å²) in [6, 6.07) is 0. The van der Waals surface area contributed by atoms with Crippen LogP contribution >= 0.6 is 0 Å². The molecule has 7 heteroatoms. The van der Waals surface area contributed by atoms with E-state index in [1.54, 1.807) is 4.90 Å². The van der Waals surface area contributed by atoms with E-state index < -0.39 is 0 Å². The number of aliphatic imine (C=N–C) groups is 1. The molecule has 2 N–H and O–H groups in total. The summed E-state index contributed by atoms with van der Waals surface area (Å²) in [5, 5.41) is 6.63. The maximum atomic E-state index is 12.7. The number of hydrogen-bond acceptors (Lipinski definition) is 4. The molecule has 7 nitrogen and oxygen atoms in total. The maximum absolute atomic E-state index is 12.7. The summed E-state index contributed by atoms with van der Waals surface area (Å²) < 4.78 is 4.64. The van der Waals surface area contributed by atoms with Gasteiger partial charge in [0.15, 0.2) is 5.96 Å². The van der Waals surface area contributed by atoms with Crippen molar-refractivity contribution in [3.63, 3.8) is 0 Å². The molecule has 0 unspecified atom stereocenters. The van der Waals surface area contributed by atoms with Gasteiger partial charge >= 0.3 is 5.97 Å². The normalized spacial score (nSPS) is 16.1. The SMILES string of the molecule is CCNC(=NCC1(C(=O)N(C)C)CCCC1)NCCCCCCC(=O)OC. The third-order valence-corrected chi connectivity index (χ3v) is 5.13. The van der Waals surface area contributed by atoms with Crippen LogP contribution in [0.3, 0.4) is 0 Å². The van der Waals surface area contributed by atoms with Gasteiger partial charge in [-0.1, -0.05) is 25.7 Å². The Bertz CT molecular complexity index is 486. The molecule has 0 atom stereocenters. The Hall–Kier alpha value is -1.79. The van der Waals surface area contributed by atoms with Crippen molar-refractivity contribution in [1.82, 2.24) is 15.5 Å². The van der Waals surface area contributed by atoms with E-state index in [9.17, 15) is 9.59 Å². The Morgan fingerprint density at radius 2 is 1.74 bits per heavy atom. The molecular weight excluding hydrogens is 344 g/mol. The highest BCUT2D eigenvalue weighted by Crippen LogP contribution is 2.39. The summed E-state index contributed by atoms with van der Waals surface area (Å²) in [5.74, 6) is 0.845. The summed E-state index contributed by atoms with van der Waals surface area (Å²) in [4.78, 5) is 30.2. The van der Waals surface area contributed by atoms with Gasteiger partial charge in [-0.3, -0.25) is 14.6 Å². The zero-order valence-electron chi connectivity index (χ0n) is 17.6. The Morgan fingerprint density at radius 1 is 1.07 bits per heavy atom. The third-order valence-electron chi connectivity index (χ3n) is 5.13. The van der Waals surface area contributed by atoms with Crippen LogP contribution in [0, 0.1) is 5.41 Å². The monoisotopic (exact) mass is 382 g/mol. The zero-order chi connectivity index (χ0) is 20.1. The van der Waals surface area contributed by atoms with Crippen molar-refractivity contribution >= 4 is 17.8 Å². The van der Waals surface area contributed by atoms with Crippen LogP contribution in [0.1, 0.15) is 64.7 Å². The Balaban J connectivity index is 2.43. The molecule has 0 aromatic heterocycles. The van der Waals surface area contributed by atoms with Crippen molar-refractivity contribution < 1.29 is 14.3 Å². The molecule has 1 aliphatic carbocycles. The molecule has 0 bridgehead atoms. The molecule has 0 aromatic carbocycles. The zero-order valence-corrected chi connectivity index (χ0v) is 17.6. The minimum absolute atomic E-state index is 0.136. The van der Waals surface area contributed by atoms with E-state index in [1.165, 1.54) is 7.11 Å². The number of ether oxygens (including phenoxy) is 1. The molecule has 1 fully saturated rings. The number of nitrogens with one attached hydrogen (secondary N) is 2. The average Bonchev–Trinajstić information content (AvgIpc) is 3.14.